The van der Waals surface area contributed by atoms with Gasteiger partial charge in [0.25, 0.3) is 0 Å². The Morgan fingerprint density at radius 1 is 1.13 bits per heavy atom. The zero-order valence-corrected chi connectivity index (χ0v) is 8.00. The fraction of sp³-hybridized carbons (Fsp3) is 0.0909. The van der Waals surface area contributed by atoms with E-state index in [4.69, 9.17) is 9.84 Å². The van der Waals surface area contributed by atoms with Gasteiger partial charge in [0.1, 0.15) is 11.5 Å². The zero-order valence-electron chi connectivity index (χ0n) is 8.00. The van der Waals surface area contributed by atoms with E-state index >= 15 is 0 Å². The number of rotatable bonds is 3. The molecule has 2 rings (SSSR count). The topological polar surface area (TPSA) is 55.2 Å². The number of aromatic nitrogens is 2. The van der Waals surface area contributed by atoms with Gasteiger partial charge in [-0.1, -0.05) is 0 Å². The average Bonchev–Trinajstić information content (AvgIpc) is 2.31. The van der Waals surface area contributed by atoms with Crippen LogP contribution in [0.15, 0.2) is 43.0 Å². The Labute approximate surface area is 87.2 Å². The lowest BCUT2D eigenvalue weighted by Gasteiger charge is -2.07. The smallest absolute Gasteiger partial charge is 0.145 e. The van der Waals surface area contributed by atoms with Gasteiger partial charge in [-0.3, -0.25) is 9.97 Å². The van der Waals surface area contributed by atoms with Gasteiger partial charge < -0.3 is 9.84 Å². The number of aliphatic hydroxyl groups excluding tert-OH is 1. The second kappa shape index (κ2) is 4.52. The summed E-state index contributed by atoms with van der Waals surface area (Å²) in [6.07, 6.45) is 6.48. The van der Waals surface area contributed by atoms with Gasteiger partial charge >= 0.3 is 0 Å². The van der Waals surface area contributed by atoms with Crippen LogP contribution in [0.2, 0.25) is 0 Å². The van der Waals surface area contributed by atoms with Crippen LogP contribution in [0, 0.1) is 0 Å². The SMILES string of the molecule is OCc1cnccc1Oc1cccnc1. The van der Waals surface area contributed by atoms with E-state index < -0.39 is 0 Å². The van der Waals surface area contributed by atoms with Crippen molar-refractivity contribution in [2.45, 2.75) is 6.61 Å². The molecule has 4 heteroatoms. The molecule has 0 fully saturated rings. The molecule has 0 bridgehead atoms. The second-order valence-corrected chi connectivity index (χ2v) is 2.93. The lowest BCUT2D eigenvalue weighted by atomic mass is 10.3. The van der Waals surface area contributed by atoms with Crippen LogP contribution in [0.25, 0.3) is 0 Å². The summed E-state index contributed by atoms with van der Waals surface area (Å²) in [6, 6.07) is 5.29. The molecule has 0 aliphatic carbocycles. The van der Waals surface area contributed by atoms with E-state index in [0.29, 0.717) is 17.1 Å². The largest absolute Gasteiger partial charge is 0.455 e. The lowest BCUT2D eigenvalue weighted by Crippen LogP contribution is -1.92. The number of hydrogen-bond donors (Lipinski definition) is 1. The second-order valence-electron chi connectivity index (χ2n) is 2.93. The molecular formula is C11H10N2O2. The summed E-state index contributed by atoms with van der Waals surface area (Å²) < 4.78 is 5.54. The van der Waals surface area contributed by atoms with Crippen LogP contribution in [0.3, 0.4) is 0 Å². The summed E-state index contributed by atoms with van der Waals surface area (Å²) in [5.74, 6) is 1.24. The van der Waals surface area contributed by atoms with Gasteiger partial charge in [0.2, 0.25) is 0 Å². The van der Waals surface area contributed by atoms with Crippen LogP contribution >= 0.6 is 0 Å². The molecule has 4 nitrogen and oxygen atoms in total. The van der Waals surface area contributed by atoms with E-state index in [1.807, 2.05) is 0 Å². The lowest BCUT2D eigenvalue weighted by molar-refractivity contribution is 0.276. The molecule has 15 heavy (non-hydrogen) atoms. The minimum atomic E-state index is -0.0938. The van der Waals surface area contributed by atoms with Crippen LogP contribution in [0.5, 0.6) is 11.5 Å². The number of nitrogens with zero attached hydrogens (tertiary/aromatic N) is 2. The van der Waals surface area contributed by atoms with Crippen molar-refractivity contribution in [3.05, 3.63) is 48.5 Å². The number of hydrogen-bond acceptors (Lipinski definition) is 4. The highest BCUT2D eigenvalue weighted by Gasteiger charge is 2.03. The van der Waals surface area contributed by atoms with Crippen molar-refractivity contribution in [1.29, 1.82) is 0 Å². The standard InChI is InChI=1S/C11H10N2O2/c14-8-9-6-13-5-3-11(9)15-10-2-1-4-12-7-10/h1-7,14H,8H2. The Morgan fingerprint density at radius 3 is 2.73 bits per heavy atom. The minimum Gasteiger partial charge on any atom is -0.455 e. The number of pyridine rings is 2. The van der Waals surface area contributed by atoms with Crippen molar-refractivity contribution in [3.8, 4) is 11.5 Å². The third-order valence-corrected chi connectivity index (χ3v) is 1.89. The van der Waals surface area contributed by atoms with Crippen LogP contribution in [-0.4, -0.2) is 15.1 Å². The summed E-state index contributed by atoms with van der Waals surface area (Å²) in [7, 11) is 0. The number of ether oxygens (including phenoxy) is 1. The molecule has 0 spiro atoms. The maximum atomic E-state index is 9.06. The maximum absolute atomic E-state index is 9.06. The molecule has 1 N–H and O–H groups in total. The summed E-state index contributed by atoms with van der Waals surface area (Å²) in [6.45, 7) is -0.0938. The van der Waals surface area contributed by atoms with Gasteiger partial charge in [0, 0.05) is 24.2 Å². The third-order valence-electron chi connectivity index (χ3n) is 1.89. The van der Waals surface area contributed by atoms with E-state index in [1.54, 1.807) is 43.0 Å². The molecule has 0 radical (unpaired) electrons. The highest BCUT2D eigenvalue weighted by Crippen LogP contribution is 2.23. The fourth-order valence-corrected chi connectivity index (χ4v) is 1.17. The van der Waals surface area contributed by atoms with Crippen molar-refractivity contribution >= 4 is 0 Å². The summed E-state index contributed by atoms with van der Waals surface area (Å²) in [5.41, 5.74) is 0.654. The quantitative estimate of drug-likeness (QED) is 0.823. The molecule has 0 atom stereocenters. The van der Waals surface area contributed by atoms with Gasteiger partial charge in [0.15, 0.2) is 0 Å². The van der Waals surface area contributed by atoms with E-state index in [0.717, 1.165) is 0 Å². The first kappa shape index (κ1) is 9.61. The Bertz CT molecular complexity index is 432. The summed E-state index contributed by atoms with van der Waals surface area (Å²) >= 11 is 0. The molecule has 0 amide bonds. The van der Waals surface area contributed by atoms with E-state index in [9.17, 15) is 0 Å². The van der Waals surface area contributed by atoms with Crippen LogP contribution in [0.4, 0.5) is 0 Å². The number of aliphatic hydroxyl groups is 1. The van der Waals surface area contributed by atoms with Crippen LogP contribution in [0.1, 0.15) is 5.56 Å². The van der Waals surface area contributed by atoms with Gasteiger partial charge in [-0.05, 0) is 18.2 Å². The van der Waals surface area contributed by atoms with Gasteiger partial charge in [0.05, 0.1) is 12.8 Å². The first-order chi connectivity index (χ1) is 7.40. The Balaban J connectivity index is 2.24. The fourth-order valence-electron chi connectivity index (χ4n) is 1.17. The monoisotopic (exact) mass is 202 g/mol. The highest BCUT2D eigenvalue weighted by atomic mass is 16.5. The molecule has 0 saturated heterocycles. The molecule has 0 aliphatic rings. The molecule has 2 aromatic rings. The highest BCUT2D eigenvalue weighted by molar-refractivity contribution is 5.34. The zero-order chi connectivity index (χ0) is 10.5. The van der Waals surface area contributed by atoms with Crippen molar-refractivity contribution in [2.24, 2.45) is 0 Å². The predicted molar refractivity (Wildman–Crippen MR) is 54.5 cm³/mol. The Kier molecular flexibility index (Phi) is 2.90. The molecular weight excluding hydrogens is 192 g/mol. The first-order valence-electron chi connectivity index (χ1n) is 4.52. The van der Waals surface area contributed by atoms with E-state index in [2.05, 4.69) is 9.97 Å². The molecule has 2 heterocycles. The van der Waals surface area contributed by atoms with Crippen molar-refractivity contribution in [3.63, 3.8) is 0 Å². The van der Waals surface area contributed by atoms with Gasteiger partial charge in [-0.25, -0.2) is 0 Å². The minimum absolute atomic E-state index is 0.0938. The van der Waals surface area contributed by atoms with Crippen molar-refractivity contribution in [1.82, 2.24) is 9.97 Å². The van der Waals surface area contributed by atoms with Crippen molar-refractivity contribution < 1.29 is 9.84 Å². The average molecular weight is 202 g/mol. The van der Waals surface area contributed by atoms with Crippen LogP contribution in [-0.2, 0) is 6.61 Å². The van der Waals surface area contributed by atoms with Crippen molar-refractivity contribution in [2.75, 3.05) is 0 Å². The molecule has 0 aliphatic heterocycles. The Morgan fingerprint density at radius 2 is 2.00 bits per heavy atom. The molecule has 0 saturated carbocycles. The first-order valence-corrected chi connectivity index (χ1v) is 4.52. The summed E-state index contributed by atoms with van der Waals surface area (Å²) in [5, 5.41) is 9.06. The molecule has 76 valence electrons. The molecule has 2 aromatic heterocycles. The Hall–Kier alpha value is -1.94. The predicted octanol–water partition coefficient (Wildman–Crippen LogP) is 1.76. The maximum Gasteiger partial charge on any atom is 0.145 e. The van der Waals surface area contributed by atoms with E-state index in [1.165, 1.54) is 0 Å². The molecule has 0 aromatic carbocycles. The van der Waals surface area contributed by atoms with Gasteiger partial charge in [-0.15, -0.1) is 0 Å². The van der Waals surface area contributed by atoms with Crippen LogP contribution < -0.4 is 4.74 Å². The summed E-state index contributed by atoms with van der Waals surface area (Å²) in [4.78, 5) is 7.84. The molecule has 0 unspecified atom stereocenters. The van der Waals surface area contributed by atoms with Gasteiger partial charge in [-0.2, -0.15) is 0 Å². The third kappa shape index (κ3) is 2.30. The van der Waals surface area contributed by atoms with E-state index in [-0.39, 0.29) is 6.61 Å². The normalized spacial score (nSPS) is 9.93.